The molecule has 6 heteroatoms. The van der Waals surface area contributed by atoms with Crippen molar-refractivity contribution in [3.05, 3.63) is 47.5 Å². The molecule has 0 aliphatic heterocycles. The molecule has 3 rings (SSSR count). The van der Waals surface area contributed by atoms with Gasteiger partial charge in [0, 0.05) is 23.5 Å². The summed E-state index contributed by atoms with van der Waals surface area (Å²) < 4.78 is 27.1. The lowest BCUT2D eigenvalue weighted by atomic mass is 9.81. The van der Waals surface area contributed by atoms with Crippen molar-refractivity contribution in [1.29, 1.82) is 0 Å². The lowest BCUT2D eigenvalue weighted by molar-refractivity contribution is 0.444. The molecule has 2 N–H and O–H groups in total. The minimum atomic E-state index is -1.37. The van der Waals surface area contributed by atoms with Gasteiger partial charge in [0.05, 0.1) is 6.20 Å². The van der Waals surface area contributed by atoms with Crippen molar-refractivity contribution in [2.24, 2.45) is 5.14 Å². The number of fused-ring (bicyclic) bond motifs is 1. The van der Waals surface area contributed by atoms with E-state index in [0.717, 1.165) is 36.9 Å². The van der Waals surface area contributed by atoms with Gasteiger partial charge in [-0.1, -0.05) is 12.1 Å². The van der Waals surface area contributed by atoms with Crippen LogP contribution in [0, 0.1) is 5.82 Å². The molecule has 1 aromatic carbocycles. The van der Waals surface area contributed by atoms with Crippen LogP contribution in [0.15, 0.2) is 30.5 Å². The van der Waals surface area contributed by atoms with E-state index in [9.17, 15) is 8.94 Å². The Bertz CT molecular complexity index is 699. The van der Waals surface area contributed by atoms with Crippen molar-refractivity contribution in [3.63, 3.8) is 0 Å². The Hall–Kier alpha value is -1.37. The molecule has 124 valence electrons. The van der Waals surface area contributed by atoms with Crippen LogP contribution >= 0.6 is 0 Å². The molecule has 0 unspecified atom stereocenters. The van der Waals surface area contributed by atoms with Crippen LogP contribution in [0.5, 0.6) is 0 Å². The van der Waals surface area contributed by atoms with Crippen molar-refractivity contribution >= 4 is 11.4 Å². The van der Waals surface area contributed by atoms with Gasteiger partial charge in [-0.25, -0.2) is 9.07 Å². The second kappa shape index (κ2) is 6.26. The highest BCUT2D eigenvalue weighted by atomic mass is 32.2. The molecular formula is C17H22FN3OS. The van der Waals surface area contributed by atoms with Gasteiger partial charge in [-0.2, -0.15) is 10.2 Å². The number of rotatable bonds is 4. The van der Waals surface area contributed by atoms with Crippen molar-refractivity contribution in [1.82, 2.24) is 9.78 Å². The van der Waals surface area contributed by atoms with Crippen molar-refractivity contribution in [2.45, 2.75) is 50.2 Å². The number of aromatic nitrogens is 2. The quantitative estimate of drug-likeness (QED) is 0.872. The van der Waals surface area contributed by atoms with Gasteiger partial charge < -0.3 is 4.55 Å². The summed E-state index contributed by atoms with van der Waals surface area (Å²) in [5.41, 5.74) is 2.68. The van der Waals surface area contributed by atoms with Gasteiger partial charge in [-0.3, -0.25) is 0 Å². The van der Waals surface area contributed by atoms with E-state index in [1.54, 1.807) is 16.8 Å². The molecule has 2 atom stereocenters. The van der Waals surface area contributed by atoms with E-state index in [4.69, 9.17) is 5.14 Å². The molecule has 0 radical (unpaired) electrons. The summed E-state index contributed by atoms with van der Waals surface area (Å²) in [6.45, 7) is 3.86. The molecular weight excluding hydrogens is 313 g/mol. The SMILES string of the molecule is CC(C)(C[C@@H]1CCCc2c1cnn2-c1ccccc1F)[S@@+](N)[O-]. The second-order valence-corrected chi connectivity index (χ2v) is 8.46. The van der Waals surface area contributed by atoms with Gasteiger partial charge in [0.25, 0.3) is 0 Å². The largest absolute Gasteiger partial charge is 0.598 e. The van der Waals surface area contributed by atoms with Crippen molar-refractivity contribution in [2.75, 3.05) is 0 Å². The zero-order valence-corrected chi connectivity index (χ0v) is 14.3. The summed E-state index contributed by atoms with van der Waals surface area (Å²) >= 11 is -1.37. The fourth-order valence-electron chi connectivity index (χ4n) is 3.37. The van der Waals surface area contributed by atoms with Crippen LogP contribution in [0.4, 0.5) is 4.39 Å². The number of halogens is 1. The zero-order chi connectivity index (χ0) is 16.6. The number of hydrogen-bond donors (Lipinski definition) is 1. The third-order valence-corrected chi connectivity index (χ3v) is 5.93. The second-order valence-electron chi connectivity index (χ2n) is 6.76. The minimum Gasteiger partial charge on any atom is -0.598 e. The van der Waals surface area contributed by atoms with Gasteiger partial charge in [0.15, 0.2) is 0 Å². The van der Waals surface area contributed by atoms with Crippen LogP contribution in [0.3, 0.4) is 0 Å². The average Bonchev–Trinajstić information content (AvgIpc) is 2.92. The normalized spacial score (nSPS) is 19.4. The molecule has 0 spiro atoms. The van der Waals surface area contributed by atoms with E-state index in [1.165, 1.54) is 6.07 Å². The summed E-state index contributed by atoms with van der Waals surface area (Å²) in [5, 5.41) is 10.0. The Morgan fingerprint density at radius 2 is 2.17 bits per heavy atom. The third kappa shape index (κ3) is 3.16. The monoisotopic (exact) mass is 335 g/mol. The van der Waals surface area contributed by atoms with E-state index in [-0.39, 0.29) is 11.7 Å². The fourth-order valence-corrected chi connectivity index (χ4v) is 3.73. The zero-order valence-electron chi connectivity index (χ0n) is 13.5. The molecule has 1 aliphatic rings. The fraction of sp³-hybridized carbons (Fsp3) is 0.471. The molecule has 4 nitrogen and oxygen atoms in total. The average molecular weight is 335 g/mol. The molecule has 0 fully saturated rings. The molecule has 0 saturated carbocycles. The topological polar surface area (TPSA) is 66.9 Å². The highest BCUT2D eigenvalue weighted by Gasteiger charge is 2.36. The summed E-state index contributed by atoms with van der Waals surface area (Å²) in [4.78, 5) is 0. The molecule has 1 heterocycles. The molecule has 0 bridgehead atoms. The Morgan fingerprint density at radius 3 is 2.87 bits per heavy atom. The van der Waals surface area contributed by atoms with Crippen LogP contribution in [0.25, 0.3) is 5.69 Å². The molecule has 23 heavy (non-hydrogen) atoms. The third-order valence-electron chi connectivity index (χ3n) is 4.67. The Labute approximate surface area is 139 Å². The number of hydrogen-bond acceptors (Lipinski definition) is 3. The summed E-state index contributed by atoms with van der Waals surface area (Å²) in [7, 11) is 0. The number of nitrogens with zero attached hydrogens (tertiary/aromatic N) is 2. The number of benzene rings is 1. The molecule has 0 amide bonds. The Morgan fingerprint density at radius 1 is 1.43 bits per heavy atom. The first-order chi connectivity index (χ1) is 10.9. The maximum Gasteiger partial charge on any atom is 0.148 e. The van der Waals surface area contributed by atoms with Gasteiger partial charge in [0.2, 0.25) is 0 Å². The lowest BCUT2D eigenvalue weighted by Gasteiger charge is -2.31. The van der Waals surface area contributed by atoms with Crippen LogP contribution in [-0.2, 0) is 17.8 Å². The highest BCUT2D eigenvalue weighted by Crippen LogP contribution is 2.39. The van der Waals surface area contributed by atoms with E-state index in [1.807, 2.05) is 26.1 Å². The summed E-state index contributed by atoms with van der Waals surface area (Å²) in [6.07, 6.45) is 5.50. The molecule has 0 saturated heterocycles. The van der Waals surface area contributed by atoms with Crippen molar-refractivity contribution in [3.8, 4) is 5.69 Å². The maximum absolute atomic E-state index is 14.1. The van der Waals surface area contributed by atoms with Gasteiger partial charge in [-0.05, 0) is 56.7 Å². The number of para-hydroxylation sites is 1. The predicted octanol–water partition coefficient (Wildman–Crippen LogP) is 3.22. The van der Waals surface area contributed by atoms with Gasteiger partial charge >= 0.3 is 0 Å². The standard InChI is InChI=1S/C17H22FN3OS/c1-17(2,23(19)22)10-12-6-5-9-15-13(12)11-20-21(15)16-8-4-3-7-14(16)18/h3-4,7-8,11-12H,5-6,9-10,19H2,1-2H3/t12-,23-/m0/s1. The van der Waals surface area contributed by atoms with Crippen LogP contribution < -0.4 is 5.14 Å². The van der Waals surface area contributed by atoms with Crippen LogP contribution in [0.2, 0.25) is 0 Å². The summed E-state index contributed by atoms with van der Waals surface area (Å²) in [6, 6.07) is 6.68. The Kier molecular flexibility index (Phi) is 4.49. The lowest BCUT2D eigenvalue weighted by Crippen LogP contribution is -2.39. The van der Waals surface area contributed by atoms with Gasteiger partial charge in [0.1, 0.15) is 16.3 Å². The molecule has 2 aromatic rings. The smallest absolute Gasteiger partial charge is 0.148 e. The van der Waals surface area contributed by atoms with Crippen molar-refractivity contribution < 1.29 is 8.94 Å². The number of nitrogens with two attached hydrogens (primary N) is 1. The van der Waals surface area contributed by atoms with Crippen LogP contribution in [-0.4, -0.2) is 19.1 Å². The predicted molar refractivity (Wildman–Crippen MR) is 90.2 cm³/mol. The van der Waals surface area contributed by atoms with Crippen LogP contribution in [0.1, 0.15) is 50.3 Å². The summed E-state index contributed by atoms with van der Waals surface area (Å²) in [5.74, 6) is -0.00862. The Balaban J connectivity index is 1.95. The first-order valence-electron chi connectivity index (χ1n) is 7.88. The van der Waals surface area contributed by atoms with E-state index < -0.39 is 16.1 Å². The van der Waals surface area contributed by atoms with E-state index in [0.29, 0.717) is 5.69 Å². The molecule has 1 aromatic heterocycles. The first-order valence-corrected chi connectivity index (χ1v) is 9.09. The first kappa shape index (κ1) is 16.5. The van der Waals surface area contributed by atoms with E-state index in [2.05, 4.69) is 5.10 Å². The van der Waals surface area contributed by atoms with Gasteiger partial charge in [-0.15, -0.1) is 0 Å². The maximum atomic E-state index is 14.1. The minimum absolute atomic E-state index is 0.266. The highest BCUT2D eigenvalue weighted by molar-refractivity contribution is 7.90. The van der Waals surface area contributed by atoms with E-state index >= 15 is 0 Å². The molecule has 1 aliphatic carbocycles.